The van der Waals surface area contributed by atoms with E-state index in [1.54, 1.807) is 13.0 Å². The van der Waals surface area contributed by atoms with Crippen LogP contribution in [0.3, 0.4) is 0 Å². The SMILES string of the molecule is COc1c(Cl)ncnc1NC(C)c1ccc(C)c(F)c1. The summed E-state index contributed by atoms with van der Waals surface area (Å²) in [4.78, 5) is 7.94. The lowest BCUT2D eigenvalue weighted by atomic mass is 10.1. The summed E-state index contributed by atoms with van der Waals surface area (Å²) in [6.07, 6.45) is 1.34. The molecule has 6 heteroatoms. The van der Waals surface area contributed by atoms with E-state index in [2.05, 4.69) is 15.3 Å². The van der Waals surface area contributed by atoms with Crippen LogP contribution in [0.1, 0.15) is 24.1 Å². The summed E-state index contributed by atoms with van der Waals surface area (Å²) < 4.78 is 18.8. The van der Waals surface area contributed by atoms with Gasteiger partial charge in [0.15, 0.2) is 16.7 Å². The standard InChI is InChI=1S/C14H15ClFN3O/c1-8-4-5-10(6-11(8)16)9(2)19-14-12(20-3)13(15)17-7-18-14/h4-7,9H,1-3H3,(H,17,18,19). The number of anilines is 1. The zero-order chi connectivity index (χ0) is 14.7. The molecule has 1 N–H and O–H groups in total. The molecular weight excluding hydrogens is 281 g/mol. The van der Waals surface area contributed by atoms with Crippen LogP contribution in [-0.4, -0.2) is 17.1 Å². The Morgan fingerprint density at radius 3 is 2.75 bits per heavy atom. The summed E-state index contributed by atoms with van der Waals surface area (Å²) in [6, 6.07) is 4.96. The van der Waals surface area contributed by atoms with Crippen LogP contribution >= 0.6 is 11.6 Å². The number of hydrogen-bond donors (Lipinski definition) is 1. The maximum atomic E-state index is 13.6. The molecule has 0 saturated heterocycles. The summed E-state index contributed by atoms with van der Waals surface area (Å²) in [6.45, 7) is 3.63. The molecule has 0 aliphatic heterocycles. The molecule has 0 aliphatic carbocycles. The predicted molar refractivity (Wildman–Crippen MR) is 76.8 cm³/mol. The molecule has 2 aromatic rings. The molecule has 1 aromatic carbocycles. The first kappa shape index (κ1) is 14.5. The number of methoxy groups -OCH3 is 1. The number of rotatable bonds is 4. The maximum absolute atomic E-state index is 13.6. The molecule has 106 valence electrons. The molecule has 0 radical (unpaired) electrons. The minimum absolute atomic E-state index is 0.148. The van der Waals surface area contributed by atoms with Crippen molar-refractivity contribution in [2.75, 3.05) is 12.4 Å². The van der Waals surface area contributed by atoms with Crippen LogP contribution < -0.4 is 10.1 Å². The highest BCUT2D eigenvalue weighted by molar-refractivity contribution is 6.31. The van der Waals surface area contributed by atoms with Crippen LogP contribution in [0.15, 0.2) is 24.5 Å². The highest BCUT2D eigenvalue weighted by Gasteiger charge is 2.14. The molecule has 1 heterocycles. The molecule has 0 spiro atoms. The third-order valence-corrected chi connectivity index (χ3v) is 3.28. The number of aryl methyl sites for hydroxylation is 1. The van der Waals surface area contributed by atoms with E-state index in [0.717, 1.165) is 5.56 Å². The van der Waals surface area contributed by atoms with Gasteiger partial charge in [-0.2, -0.15) is 0 Å². The number of aromatic nitrogens is 2. The van der Waals surface area contributed by atoms with Gasteiger partial charge in [-0.15, -0.1) is 0 Å². The molecule has 4 nitrogen and oxygen atoms in total. The lowest BCUT2D eigenvalue weighted by Gasteiger charge is -2.17. The van der Waals surface area contributed by atoms with Crippen molar-refractivity contribution in [3.63, 3.8) is 0 Å². The summed E-state index contributed by atoms with van der Waals surface area (Å²) in [5.41, 5.74) is 1.42. The van der Waals surface area contributed by atoms with Crippen LogP contribution in [-0.2, 0) is 0 Å². The first-order valence-corrected chi connectivity index (χ1v) is 6.47. The lowest BCUT2D eigenvalue weighted by molar-refractivity contribution is 0.412. The summed E-state index contributed by atoms with van der Waals surface area (Å²) in [5, 5.41) is 3.37. The molecule has 1 aromatic heterocycles. The summed E-state index contributed by atoms with van der Waals surface area (Å²) in [5.74, 6) is 0.610. The fraction of sp³-hybridized carbons (Fsp3) is 0.286. The monoisotopic (exact) mass is 295 g/mol. The van der Waals surface area contributed by atoms with Crippen molar-refractivity contribution in [1.82, 2.24) is 9.97 Å². The Morgan fingerprint density at radius 1 is 1.35 bits per heavy atom. The third-order valence-electron chi connectivity index (χ3n) is 3.01. The van der Waals surface area contributed by atoms with Crippen LogP contribution in [0.4, 0.5) is 10.2 Å². The second kappa shape index (κ2) is 6.05. The van der Waals surface area contributed by atoms with Gasteiger partial charge in [0.1, 0.15) is 12.1 Å². The Hall–Kier alpha value is -1.88. The first-order valence-electron chi connectivity index (χ1n) is 6.10. The van der Waals surface area contributed by atoms with Crippen LogP contribution in [0.2, 0.25) is 5.15 Å². The van der Waals surface area contributed by atoms with Gasteiger partial charge < -0.3 is 10.1 Å². The quantitative estimate of drug-likeness (QED) is 0.873. The van der Waals surface area contributed by atoms with E-state index in [1.165, 1.54) is 19.5 Å². The number of halogens is 2. The Kier molecular flexibility index (Phi) is 4.39. The van der Waals surface area contributed by atoms with Crippen LogP contribution in [0.5, 0.6) is 5.75 Å². The van der Waals surface area contributed by atoms with Crippen molar-refractivity contribution in [1.29, 1.82) is 0 Å². The van der Waals surface area contributed by atoms with Crippen molar-refractivity contribution in [3.8, 4) is 5.75 Å². The van der Waals surface area contributed by atoms with Gasteiger partial charge >= 0.3 is 0 Å². The van der Waals surface area contributed by atoms with Crippen molar-refractivity contribution in [2.45, 2.75) is 19.9 Å². The van der Waals surface area contributed by atoms with Gasteiger partial charge in [0.2, 0.25) is 0 Å². The van der Waals surface area contributed by atoms with Crippen LogP contribution in [0, 0.1) is 12.7 Å². The number of nitrogens with one attached hydrogen (secondary N) is 1. The molecule has 0 aliphatic rings. The minimum Gasteiger partial charge on any atom is -0.490 e. The van der Waals surface area contributed by atoms with Crippen LogP contribution in [0.25, 0.3) is 0 Å². The Bertz CT molecular complexity index is 621. The molecule has 1 atom stereocenters. The van der Waals surface area contributed by atoms with Gasteiger partial charge in [-0.05, 0) is 31.0 Å². The zero-order valence-electron chi connectivity index (χ0n) is 11.4. The van der Waals surface area contributed by atoms with Crippen molar-refractivity contribution < 1.29 is 9.13 Å². The lowest BCUT2D eigenvalue weighted by Crippen LogP contribution is -2.10. The van der Waals surface area contributed by atoms with E-state index in [0.29, 0.717) is 17.1 Å². The summed E-state index contributed by atoms with van der Waals surface area (Å²) >= 11 is 5.93. The van der Waals surface area contributed by atoms with Crippen molar-refractivity contribution in [3.05, 3.63) is 46.6 Å². The molecule has 0 saturated carbocycles. The van der Waals surface area contributed by atoms with Crippen molar-refractivity contribution in [2.24, 2.45) is 0 Å². The average Bonchev–Trinajstić information content (AvgIpc) is 2.42. The van der Waals surface area contributed by atoms with Gasteiger partial charge in [-0.3, -0.25) is 0 Å². The Labute approximate surface area is 122 Å². The Balaban J connectivity index is 2.25. The molecule has 0 bridgehead atoms. The van der Waals surface area contributed by atoms with Gasteiger partial charge in [0.25, 0.3) is 0 Å². The van der Waals surface area contributed by atoms with E-state index in [4.69, 9.17) is 16.3 Å². The Morgan fingerprint density at radius 2 is 2.10 bits per heavy atom. The summed E-state index contributed by atoms with van der Waals surface area (Å²) in [7, 11) is 1.49. The zero-order valence-corrected chi connectivity index (χ0v) is 12.2. The van der Waals surface area contributed by atoms with E-state index in [9.17, 15) is 4.39 Å². The second-order valence-corrected chi connectivity index (χ2v) is 4.78. The second-order valence-electron chi connectivity index (χ2n) is 4.42. The maximum Gasteiger partial charge on any atom is 0.198 e. The predicted octanol–water partition coefficient (Wildman–Crippen LogP) is 3.76. The van der Waals surface area contributed by atoms with Gasteiger partial charge in [0.05, 0.1) is 13.2 Å². The highest BCUT2D eigenvalue weighted by atomic mass is 35.5. The average molecular weight is 296 g/mol. The van der Waals surface area contributed by atoms with Gasteiger partial charge in [-0.25, -0.2) is 14.4 Å². The van der Waals surface area contributed by atoms with Crippen molar-refractivity contribution >= 4 is 17.4 Å². The van der Waals surface area contributed by atoms with Gasteiger partial charge in [-0.1, -0.05) is 23.7 Å². The van der Waals surface area contributed by atoms with Gasteiger partial charge in [0, 0.05) is 0 Å². The fourth-order valence-electron chi connectivity index (χ4n) is 1.80. The van der Waals surface area contributed by atoms with E-state index in [1.807, 2.05) is 13.0 Å². The molecule has 2 rings (SSSR count). The van der Waals surface area contributed by atoms with E-state index < -0.39 is 0 Å². The van der Waals surface area contributed by atoms with E-state index in [-0.39, 0.29) is 17.0 Å². The molecule has 20 heavy (non-hydrogen) atoms. The van der Waals surface area contributed by atoms with E-state index >= 15 is 0 Å². The fourth-order valence-corrected chi connectivity index (χ4v) is 2.01. The molecular formula is C14H15ClFN3O. The third kappa shape index (κ3) is 2.99. The topological polar surface area (TPSA) is 47.0 Å². The molecule has 0 amide bonds. The molecule has 0 fully saturated rings. The molecule has 1 unspecified atom stereocenters. The minimum atomic E-state index is -0.233. The first-order chi connectivity index (χ1) is 9.52. The smallest absolute Gasteiger partial charge is 0.198 e. The number of benzene rings is 1. The number of ether oxygens (including phenoxy) is 1. The normalized spacial score (nSPS) is 12.1. The number of nitrogens with zero attached hydrogens (tertiary/aromatic N) is 2. The highest BCUT2D eigenvalue weighted by Crippen LogP contribution is 2.31. The number of hydrogen-bond acceptors (Lipinski definition) is 4. The largest absolute Gasteiger partial charge is 0.490 e.